The van der Waals surface area contributed by atoms with Crippen LogP contribution in [0.2, 0.25) is 0 Å². The van der Waals surface area contributed by atoms with Gasteiger partial charge < -0.3 is 69.3 Å². The van der Waals surface area contributed by atoms with Gasteiger partial charge in [0.25, 0.3) is 0 Å². The molecule has 0 bridgehead atoms. The Kier molecular flexibility index (Phi) is 10.2. The molecule has 0 aliphatic carbocycles. The van der Waals surface area contributed by atoms with Gasteiger partial charge in [-0.1, -0.05) is 12.1 Å². The number of aliphatic hydroxyl groups excluding tert-OH is 8. The number of carbonyl (C=O) groups excluding carboxylic acids is 1. The molecule has 8 N–H and O–H groups in total. The minimum Gasteiger partial charge on any atom is -0.497 e. The number of hydrogen-bond donors (Lipinski definition) is 8. The van der Waals surface area contributed by atoms with Crippen LogP contribution >= 0.6 is 0 Å². The molecule has 2 aromatic rings. The topological polar surface area (TPSA) is 234 Å². The molecule has 45 heavy (non-hydrogen) atoms. The molecule has 15 heteroatoms. The van der Waals surface area contributed by atoms with Crippen molar-refractivity contribution in [1.29, 1.82) is 0 Å². The summed E-state index contributed by atoms with van der Waals surface area (Å²) in [6, 6.07) is 11.2. The molecule has 3 heterocycles. The van der Waals surface area contributed by atoms with Crippen molar-refractivity contribution in [3.8, 4) is 17.2 Å². The zero-order valence-corrected chi connectivity index (χ0v) is 24.0. The molecule has 246 valence electrons. The van der Waals surface area contributed by atoms with Crippen molar-refractivity contribution in [2.24, 2.45) is 0 Å². The van der Waals surface area contributed by atoms with Crippen LogP contribution in [0.5, 0.6) is 17.2 Å². The molecule has 3 aliphatic rings. The number of ether oxygens (including phenoxy) is 6. The average Bonchev–Trinajstić information content (AvgIpc) is 3.41. The number of hydrogen-bond acceptors (Lipinski definition) is 15. The summed E-state index contributed by atoms with van der Waals surface area (Å²) in [5.41, 5.74) is 1.54. The van der Waals surface area contributed by atoms with Crippen molar-refractivity contribution in [3.05, 3.63) is 59.7 Å². The predicted molar refractivity (Wildman–Crippen MR) is 150 cm³/mol. The van der Waals surface area contributed by atoms with Gasteiger partial charge in [0.2, 0.25) is 12.6 Å². The third kappa shape index (κ3) is 6.92. The van der Waals surface area contributed by atoms with Crippen LogP contribution in [0, 0.1) is 0 Å². The van der Waals surface area contributed by atoms with E-state index in [1.807, 2.05) is 0 Å². The summed E-state index contributed by atoms with van der Waals surface area (Å²) in [7, 11) is 1.43. The Morgan fingerprint density at radius 3 is 1.82 bits per heavy atom. The number of cyclic esters (lactones) is 1. The normalized spacial score (nSPS) is 35.0. The molecule has 0 spiro atoms. The number of carbonyl (C=O) groups is 1. The van der Waals surface area contributed by atoms with E-state index in [1.165, 1.54) is 19.3 Å². The van der Waals surface area contributed by atoms with Gasteiger partial charge in [0.05, 0.1) is 20.3 Å². The molecule has 0 saturated carbocycles. The van der Waals surface area contributed by atoms with E-state index < -0.39 is 86.7 Å². The summed E-state index contributed by atoms with van der Waals surface area (Å²) in [5.74, 6) is 0.132. The molecule has 2 fully saturated rings. The molecular formula is C30H36O15. The maximum absolute atomic E-state index is 12.4. The smallest absolute Gasteiger partial charge is 0.331 e. The number of aliphatic hydroxyl groups is 8. The summed E-state index contributed by atoms with van der Waals surface area (Å²) >= 11 is 0. The Hall–Kier alpha value is -3.35. The van der Waals surface area contributed by atoms with Crippen LogP contribution in [0.1, 0.15) is 11.1 Å². The first-order valence-electron chi connectivity index (χ1n) is 14.2. The highest BCUT2D eigenvalue weighted by atomic mass is 16.7. The highest BCUT2D eigenvalue weighted by molar-refractivity contribution is 5.98. The highest BCUT2D eigenvalue weighted by Gasteiger charge is 2.46. The summed E-state index contributed by atoms with van der Waals surface area (Å²) in [5, 5.41) is 80.0. The van der Waals surface area contributed by atoms with Gasteiger partial charge in [-0.3, -0.25) is 0 Å². The summed E-state index contributed by atoms with van der Waals surface area (Å²) < 4.78 is 33.3. The lowest BCUT2D eigenvalue weighted by molar-refractivity contribution is -0.277. The van der Waals surface area contributed by atoms with Crippen molar-refractivity contribution in [1.82, 2.24) is 0 Å². The van der Waals surface area contributed by atoms with Crippen LogP contribution in [0.25, 0.3) is 5.57 Å². The lowest BCUT2D eigenvalue weighted by Gasteiger charge is -2.39. The van der Waals surface area contributed by atoms with Crippen LogP contribution in [0.15, 0.2) is 48.5 Å². The fourth-order valence-electron chi connectivity index (χ4n) is 5.33. The number of methoxy groups -OCH3 is 1. The lowest BCUT2D eigenvalue weighted by atomic mass is 9.95. The third-order valence-corrected chi connectivity index (χ3v) is 7.92. The predicted octanol–water partition coefficient (Wildman–Crippen LogP) is -2.40. The Balaban J connectivity index is 1.32. The van der Waals surface area contributed by atoms with E-state index in [0.717, 1.165) is 0 Å². The Morgan fingerprint density at radius 1 is 0.711 bits per heavy atom. The van der Waals surface area contributed by atoms with Crippen LogP contribution in [0.4, 0.5) is 0 Å². The van der Waals surface area contributed by atoms with Gasteiger partial charge in [-0.05, 0) is 29.8 Å². The molecule has 11 atom stereocenters. The fraction of sp³-hybridized carbons (Fsp3) is 0.500. The van der Waals surface area contributed by atoms with Crippen molar-refractivity contribution in [2.45, 2.75) is 73.9 Å². The van der Waals surface area contributed by atoms with Gasteiger partial charge in [0, 0.05) is 29.7 Å². The van der Waals surface area contributed by atoms with Crippen molar-refractivity contribution in [3.63, 3.8) is 0 Å². The van der Waals surface area contributed by atoms with Crippen LogP contribution in [-0.4, -0.2) is 135 Å². The first-order valence-corrected chi connectivity index (χ1v) is 14.2. The lowest BCUT2D eigenvalue weighted by Crippen LogP contribution is -2.60. The van der Waals surface area contributed by atoms with Crippen LogP contribution < -0.4 is 14.2 Å². The molecule has 0 radical (unpaired) electrons. The summed E-state index contributed by atoms with van der Waals surface area (Å²) in [4.78, 5) is 12.4. The quantitative estimate of drug-likeness (QED) is 0.127. The zero-order chi connectivity index (χ0) is 32.4. The highest BCUT2D eigenvalue weighted by Crippen LogP contribution is 2.38. The SMILES string of the molecule is COc1ccc(C2=CC(=O)O[C@H]2Cc2ccc(O[C@@H]3O[C@H](CO)[C@@H](O)[C@H](O)[C@H]3O)cc2)c(O[C@@H]2O[C@H](CO)[C@@H](O)[C@H](O)[C@H]2O)c1. The Labute approximate surface area is 257 Å². The molecule has 5 rings (SSSR count). The van der Waals surface area contributed by atoms with Gasteiger partial charge in [0.1, 0.15) is 72.2 Å². The van der Waals surface area contributed by atoms with E-state index in [9.17, 15) is 45.6 Å². The Bertz CT molecular complexity index is 1350. The van der Waals surface area contributed by atoms with Crippen LogP contribution in [0.3, 0.4) is 0 Å². The van der Waals surface area contributed by atoms with E-state index in [2.05, 4.69) is 0 Å². The van der Waals surface area contributed by atoms with Crippen molar-refractivity contribution < 1.29 is 74.1 Å². The van der Waals surface area contributed by atoms with Crippen molar-refractivity contribution >= 4 is 11.5 Å². The van der Waals surface area contributed by atoms with Gasteiger partial charge >= 0.3 is 5.97 Å². The van der Waals surface area contributed by atoms with Crippen molar-refractivity contribution in [2.75, 3.05) is 20.3 Å². The number of benzene rings is 2. The second-order valence-electron chi connectivity index (χ2n) is 10.9. The number of esters is 1. The second-order valence-corrected chi connectivity index (χ2v) is 10.9. The maximum atomic E-state index is 12.4. The van der Waals surface area contributed by atoms with Gasteiger partial charge in [-0.15, -0.1) is 0 Å². The Morgan fingerprint density at radius 2 is 1.27 bits per heavy atom. The summed E-state index contributed by atoms with van der Waals surface area (Å²) in [6.45, 7) is -1.24. The van der Waals surface area contributed by atoms with E-state index in [-0.39, 0.29) is 17.9 Å². The molecule has 15 nitrogen and oxygen atoms in total. The minimum atomic E-state index is -1.67. The molecular weight excluding hydrogens is 600 g/mol. The zero-order valence-electron chi connectivity index (χ0n) is 24.0. The second kappa shape index (κ2) is 14.0. The molecule has 3 aliphatic heterocycles. The molecule has 2 aromatic carbocycles. The largest absolute Gasteiger partial charge is 0.497 e. The monoisotopic (exact) mass is 636 g/mol. The van der Waals surface area contributed by atoms with Gasteiger partial charge in [-0.25, -0.2) is 4.79 Å². The molecule has 2 saturated heterocycles. The van der Waals surface area contributed by atoms with E-state index in [4.69, 9.17) is 28.4 Å². The van der Waals surface area contributed by atoms with Gasteiger partial charge in [-0.2, -0.15) is 0 Å². The van der Waals surface area contributed by atoms with E-state index in [0.29, 0.717) is 22.4 Å². The fourth-order valence-corrected chi connectivity index (χ4v) is 5.33. The standard InChI is InChI=1S/C30H36O15/c1-40-15-6-7-16(19(9-15)43-30-28(39)26(37)24(35)21(12-32)45-30)17-10-22(33)42-18(17)8-13-2-4-14(5-3-13)41-29-27(38)25(36)23(34)20(11-31)44-29/h2-7,9-10,18,20-21,23-32,34-39H,8,11-12H2,1H3/t18-,20+,21+,23+,24+,25-,26-,27+,28+,29+,30+/m0/s1. The van der Waals surface area contributed by atoms with E-state index >= 15 is 0 Å². The molecule has 0 unspecified atom stereocenters. The maximum Gasteiger partial charge on any atom is 0.331 e. The number of rotatable bonds is 10. The van der Waals surface area contributed by atoms with E-state index in [1.54, 1.807) is 36.4 Å². The average molecular weight is 637 g/mol. The van der Waals surface area contributed by atoms with Gasteiger partial charge in [0.15, 0.2) is 0 Å². The van der Waals surface area contributed by atoms with Crippen LogP contribution in [-0.2, 0) is 25.4 Å². The first-order chi connectivity index (χ1) is 21.5. The first kappa shape index (κ1) is 33.0. The molecule has 0 aromatic heterocycles. The third-order valence-electron chi connectivity index (χ3n) is 7.92. The minimum absolute atomic E-state index is 0.108. The molecule has 0 amide bonds. The summed E-state index contributed by atoms with van der Waals surface area (Å²) in [6.07, 6.45) is -14.0.